The number of piperazine rings is 1. The third-order valence-corrected chi connectivity index (χ3v) is 7.09. The molecule has 5 rings (SSSR count). The van der Waals surface area contributed by atoms with Gasteiger partial charge < -0.3 is 35.2 Å². The number of rotatable bonds is 8. The van der Waals surface area contributed by atoms with Crippen LogP contribution < -0.4 is 30.5 Å². The van der Waals surface area contributed by atoms with Crippen LogP contribution in [0.25, 0.3) is 0 Å². The molecular formula is C30H35N5O4. The van der Waals surface area contributed by atoms with Gasteiger partial charge in [0.25, 0.3) is 5.91 Å². The van der Waals surface area contributed by atoms with Crippen LogP contribution in [-0.2, 0) is 4.74 Å². The molecule has 0 bridgehead atoms. The van der Waals surface area contributed by atoms with Gasteiger partial charge in [0.2, 0.25) is 0 Å². The number of benzene rings is 3. The predicted octanol–water partition coefficient (Wildman–Crippen LogP) is 4.57. The van der Waals surface area contributed by atoms with Gasteiger partial charge in [-0.25, -0.2) is 4.79 Å². The highest BCUT2D eigenvalue weighted by atomic mass is 16.5. The van der Waals surface area contributed by atoms with Crippen LogP contribution in [0.1, 0.15) is 23.2 Å². The lowest BCUT2D eigenvalue weighted by Gasteiger charge is -2.38. The summed E-state index contributed by atoms with van der Waals surface area (Å²) in [5, 5.41) is 8.72. The van der Waals surface area contributed by atoms with Crippen LogP contribution in [-0.4, -0.2) is 64.5 Å². The summed E-state index contributed by atoms with van der Waals surface area (Å²) >= 11 is 0. The predicted molar refractivity (Wildman–Crippen MR) is 154 cm³/mol. The third-order valence-electron chi connectivity index (χ3n) is 7.09. The number of ether oxygens (including phenoxy) is 2. The molecule has 3 aromatic carbocycles. The van der Waals surface area contributed by atoms with E-state index in [1.54, 1.807) is 13.2 Å². The molecule has 3 amide bonds. The molecule has 39 heavy (non-hydrogen) atoms. The molecule has 3 aromatic rings. The molecule has 3 N–H and O–H groups in total. The van der Waals surface area contributed by atoms with Crippen molar-refractivity contribution in [2.75, 3.05) is 66.9 Å². The highest BCUT2D eigenvalue weighted by molar-refractivity contribution is 6.04. The largest absolute Gasteiger partial charge is 0.495 e. The van der Waals surface area contributed by atoms with Crippen LogP contribution in [0.4, 0.5) is 27.5 Å². The molecule has 9 heteroatoms. The molecule has 2 fully saturated rings. The van der Waals surface area contributed by atoms with E-state index in [1.165, 1.54) is 0 Å². The average molecular weight is 530 g/mol. The van der Waals surface area contributed by atoms with E-state index < -0.39 is 0 Å². The second-order valence-corrected chi connectivity index (χ2v) is 9.67. The van der Waals surface area contributed by atoms with Gasteiger partial charge in [0.1, 0.15) is 5.75 Å². The molecule has 1 atom stereocenters. The summed E-state index contributed by atoms with van der Waals surface area (Å²) < 4.78 is 11.2. The number of nitrogens with one attached hydrogen (secondary N) is 3. The van der Waals surface area contributed by atoms with E-state index in [0.29, 0.717) is 23.5 Å². The molecular weight excluding hydrogens is 494 g/mol. The molecule has 1 unspecified atom stereocenters. The van der Waals surface area contributed by atoms with Crippen molar-refractivity contribution in [2.24, 2.45) is 0 Å². The molecule has 0 radical (unpaired) electrons. The van der Waals surface area contributed by atoms with Crippen molar-refractivity contribution < 1.29 is 19.1 Å². The lowest BCUT2D eigenvalue weighted by Crippen LogP contribution is -2.47. The van der Waals surface area contributed by atoms with Gasteiger partial charge in [0.05, 0.1) is 24.5 Å². The summed E-state index contributed by atoms with van der Waals surface area (Å²) in [6.45, 7) is 4.26. The Kier molecular flexibility index (Phi) is 8.48. The smallest absolute Gasteiger partial charge is 0.323 e. The Morgan fingerprint density at radius 3 is 2.28 bits per heavy atom. The SMILES string of the molecule is COc1ccccc1N1CCN(c2ccc(NC(=O)Nc3ccccc3)cc2C(=O)NCC2CCCO2)CC1. The van der Waals surface area contributed by atoms with Crippen molar-refractivity contribution in [3.8, 4) is 5.75 Å². The molecule has 2 heterocycles. The molecule has 204 valence electrons. The van der Waals surface area contributed by atoms with Gasteiger partial charge in [-0.3, -0.25) is 4.79 Å². The normalized spacial score (nSPS) is 17.0. The first kappa shape index (κ1) is 26.4. The van der Waals surface area contributed by atoms with E-state index in [2.05, 4.69) is 31.8 Å². The number of carbonyl (C=O) groups excluding carboxylic acids is 2. The quantitative estimate of drug-likeness (QED) is 0.396. The van der Waals surface area contributed by atoms with Crippen molar-refractivity contribution in [1.82, 2.24) is 5.32 Å². The van der Waals surface area contributed by atoms with Gasteiger partial charge in [-0.2, -0.15) is 0 Å². The molecule has 0 aromatic heterocycles. The molecule has 9 nitrogen and oxygen atoms in total. The Hall–Kier alpha value is -4.24. The van der Waals surface area contributed by atoms with E-state index in [9.17, 15) is 9.59 Å². The molecule has 2 saturated heterocycles. The minimum Gasteiger partial charge on any atom is -0.495 e. The van der Waals surface area contributed by atoms with Crippen LogP contribution in [0.2, 0.25) is 0 Å². The topological polar surface area (TPSA) is 95.2 Å². The lowest BCUT2D eigenvalue weighted by atomic mass is 10.1. The summed E-state index contributed by atoms with van der Waals surface area (Å²) in [6, 6.07) is 22.4. The van der Waals surface area contributed by atoms with Crippen LogP contribution in [0.5, 0.6) is 5.75 Å². The maximum atomic E-state index is 13.4. The summed E-state index contributed by atoms with van der Waals surface area (Å²) in [5.41, 5.74) is 3.67. The zero-order valence-electron chi connectivity index (χ0n) is 22.2. The summed E-state index contributed by atoms with van der Waals surface area (Å²) in [5.74, 6) is 0.670. The number of carbonyl (C=O) groups is 2. The Bertz CT molecular complexity index is 1270. The standard InChI is InChI=1S/C30H35N5O4/c1-38-28-12-6-5-11-27(28)35-17-15-34(16-18-35)26-14-13-23(33-30(37)32-22-8-3-2-4-9-22)20-25(26)29(36)31-21-24-10-7-19-39-24/h2-6,8-9,11-14,20,24H,7,10,15-19,21H2,1H3,(H,31,36)(H2,32,33,37). The van der Waals surface area contributed by atoms with E-state index in [4.69, 9.17) is 9.47 Å². The fourth-order valence-corrected chi connectivity index (χ4v) is 5.07. The average Bonchev–Trinajstić information content (AvgIpc) is 3.50. The Morgan fingerprint density at radius 2 is 1.56 bits per heavy atom. The Balaban J connectivity index is 1.31. The zero-order chi connectivity index (χ0) is 27.0. The number of hydrogen-bond acceptors (Lipinski definition) is 6. The number of hydrogen-bond donors (Lipinski definition) is 3. The molecule has 0 spiro atoms. The van der Waals surface area contributed by atoms with Gasteiger partial charge in [0, 0.05) is 56.4 Å². The maximum Gasteiger partial charge on any atom is 0.323 e. The number of amides is 3. The van der Waals surface area contributed by atoms with Crippen LogP contribution >= 0.6 is 0 Å². The van der Waals surface area contributed by atoms with E-state index >= 15 is 0 Å². The minimum absolute atomic E-state index is 0.0414. The van der Waals surface area contributed by atoms with Gasteiger partial charge in [-0.1, -0.05) is 30.3 Å². The van der Waals surface area contributed by atoms with E-state index in [0.717, 1.165) is 62.8 Å². The molecule has 2 aliphatic rings. The van der Waals surface area contributed by atoms with Crippen molar-refractivity contribution in [3.63, 3.8) is 0 Å². The van der Waals surface area contributed by atoms with E-state index in [1.807, 2.05) is 60.7 Å². The van der Waals surface area contributed by atoms with Crippen LogP contribution in [0, 0.1) is 0 Å². The first-order chi connectivity index (χ1) is 19.1. The van der Waals surface area contributed by atoms with Gasteiger partial charge in [-0.15, -0.1) is 0 Å². The maximum absolute atomic E-state index is 13.4. The first-order valence-corrected chi connectivity index (χ1v) is 13.4. The fourth-order valence-electron chi connectivity index (χ4n) is 5.07. The summed E-state index contributed by atoms with van der Waals surface area (Å²) in [6.07, 6.45) is 2.00. The Morgan fingerprint density at radius 1 is 0.872 bits per heavy atom. The van der Waals surface area contributed by atoms with Crippen molar-refractivity contribution >= 4 is 34.7 Å². The highest BCUT2D eigenvalue weighted by Crippen LogP contribution is 2.31. The Labute approximate surface area is 229 Å². The number of anilines is 4. The van der Waals surface area contributed by atoms with Crippen molar-refractivity contribution in [3.05, 3.63) is 78.4 Å². The second kappa shape index (κ2) is 12.5. The van der Waals surface area contributed by atoms with Crippen molar-refractivity contribution in [2.45, 2.75) is 18.9 Å². The van der Waals surface area contributed by atoms with Crippen LogP contribution in [0.15, 0.2) is 72.8 Å². The number of methoxy groups -OCH3 is 1. The lowest BCUT2D eigenvalue weighted by molar-refractivity contribution is 0.0858. The first-order valence-electron chi connectivity index (χ1n) is 13.4. The number of para-hydroxylation sites is 3. The van der Waals surface area contributed by atoms with Crippen LogP contribution in [0.3, 0.4) is 0 Å². The fraction of sp³-hybridized carbons (Fsp3) is 0.333. The van der Waals surface area contributed by atoms with Gasteiger partial charge >= 0.3 is 6.03 Å². The molecule has 2 aliphatic heterocycles. The summed E-state index contributed by atoms with van der Waals surface area (Å²) in [4.78, 5) is 30.5. The number of nitrogens with zero attached hydrogens (tertiary/aromatic N) is 2. The van der Waals surface area contributed by atoms with E-state index in [-0.39, 0.29) is 18.0 Å². The molecule has 0 saturated carbocycles. The monoisotopic (exact) mass is 529 g/mol. The molecule has 0 aliphatic carbocycles. The minimum atomic E-state index is -0.370. The van der Waals surface area contributed by atoms with Gasteiger partial charge in [0.15, 0.2) is 0 Å². The van der Waals surface area contributed by atoms with Crippen molar-refractivity contribution in [1.29, 1.82) is 0 Å². The highest BCUT2D eigenvalue weighted by Gasteiger charge is 2.25. The summed E-state index contributed by atoms with van der Waals surface area (Å²) in [7, 11) is 1.69. The van der Waals surface area contributed by atoms with Gasteiger partial charge in [-0.05, 0) is 55.3 Å². The zero-order valence-corrected chi connectivity index (χ0v) is 22.2. The third kappa shape index (κ3) is 6.61. The number of urea groups is 1. The second-order valence-electron chi connectivity index (χ2n) is 9.67.